The molecule has 4 nitrogen and oxygen atoms in total. The van der Waals surface area contributed by atoms with Crippen molar-refractivity contribution in [3.63, 3.8) is 0 Å². The fourth-order valence-electron chi connectivity index (χ4n) is 1.64. The minimum absolute atomic E-state index is 0.0421. The predicted molar refractivity (Wildman–Crippen MR) is 75.2 cm³/mol. The predicted octanol–water partition coefficient (Wildman–Crippen LogP) is 2.92. The van der Waals surface area contributed by atoms with Crippen molar-refractivity contribution in [3.05, 3.63) is 52.3 Å². The van der Waals surface area contributed by atoms with E-state index < -0.39 is 0 Å². The lowest BCUT2D eigenvalue weighted by Crippen LogP contribution is -1.99. The van der Waals surface area contributed by atoms with E-state index in [0.29, 0.717) is 18.1 Å². The number of hydrogen-bond acceptors (Lipinski definition) is 4. The van der Waals surface area contributed by atoms with Gasteiger partial charge in [0.05, 0.1) is 18.2 Å². The Morgan fingerprint density at radius 2 is 1.95 bits per heavy atom. The molecule has 0 saturated heterocycles. The summed E-state index contributed by atoms with van der Waals surface area (Å²) in [6.07, 6.45) is 3.44. The average molecular weight is 324 g/mol. The van der Waals surface area contributed by atoms with Gasteiger partial charge in [-0.3, -0.25) is 4.98 Å². The van der Waals surface area contributed by atoms with Gasteiger partial charge in [-0.25, -0.2) is 0 Å². The lowest BCUT2D eigenvalue weighted by atomic mass is 10.2. The highest BCUT2D eigenvalue weighted by Gasteiger charge is 2.11. The van der Waals surface area contributed by atoms with Crippen LogP contribution in [0.1, 0.15) is 11.1 Å². The summed E-state index contributed by atoms with van der Waals surface area (Å²) >= 11 is 3.42. The van der Waals surface area contributed by atoms with Gasteiger partial charge < -0.3 is 14.6 Å². The molecule has 0 spiro atoms. The minimum atomic E-state index is -0.0421. The van der Waals surface area contributed by atoms with Crippen LogP contribution in [0.5, 0.6) is 11.5 Å². The van der Waals surface area contributed by atoms with E-state index in [0.717, 1.165) is 15.6 Å². The van der Waals surface area contributed by atoms with Crippen LogP contribution in [-0.4, -0.2) is 17.2 Å². The molecule has 1 heterocycles. The van der Waals surface area contributed by atoms with Crippen LogP contribution in [0.4, 0.5) is 0 Å². The van der Waals surface area contributed by atoms with Gasteiger partial charge in [-0.15, -0.1) is 0 Å². The van der Waals surface area contributed by atoms with Crippen LogP contribution in [0.15, 0.2) is 41.1 Å². The lowest BCUT2D eigenvalue weighted by Gasteiger charge is -2.13. The fraction of sp³-hybridized carbons (Fsp3) is 0.214. The van der Waals surface area contributed by atoms with E-state index in [4.69, 9.17) is 14.6 Å². The van der Waals surface area contributed by atoms with Gasteiger partial charge in [0.2, 0.25) is 0 Å². The van der Waals surface area contributed by atoms with E-state index in [-0.39, 0.29) is 6.61 Å². The van der Waals surface area contributed by atoms with Crippen LogP contribution in [0.3, 0.4) is 0 Å². The molecule has 2 aromatic rings. The first-order valence-electron chi connectivity index (χ1n) is 5.73. The maximum Gasteiger partial charge on any atom is 0.175 e. The summed E-state index contributed by atoms with van der Waals surface area (Å²) in [6.45, 7) is 0.384. The molecule has 100 valence electrons. The van der Waals surface area contributed by atoms with Gasteiger partial charge in [-0.05, 0) is 51.3 Å². The van der Waals surface area contributed by atoms with Crippen molar-refractivity contribution in [1.29, 1.82) is 0 Å². The molecule has 1 aromatic carbocycles. The number of halogens is 1. The Labute approximate surface area is 120 Å². The van der Waals surface area contributed by atoms with Gasteiger partial charge in [0, 0.05) is 12.4 Å². The Kier molecular flexibility index (Phi) is 4.76. The van der Waals surface area contributed by atoms with Gasteiger partial charge in [0.1, 0.15) is 6.61 Å². The molecule has 0 saturated carbocycles. The Morgan fingerprint density at radius 1 is 1.21 bits per heavy atom. The molecule has 0 aliphatic rings. The Bertz CT molecular complexity index is 546. The van der Waals surface area contributed by atoms with E-state index in [1.165, 1.54) is 0 Å². The van der Waals surface area contributed by atoms with E-state index >= 15 is 0 Å². The zero-order valence-electron chi connectivity index (χ0n) is 10.5. The first-order chi connectivity index (χ1) is 9.24. The molecule has 2 rings (SSSR count). The van der Waals surface area contributed by atoms with Gasteiger partial charge >= 0.3 is 0 Å². The molecule has 0 unspecified atom stereocenters. The molecule has 0 atom stereocenters. The maximum absolute atomic E-state index is 9.16. The van der Waals surface area contributed by atoms with Crippen LogP contribution >= 0.6 is 15.9 Å². The molecule has 0 radical (unpaired) electrons. The largest absolute Gasteiger partial charge is 0.493 e. The van der Waals surface area contributed by atoms with Gasteiger partial charge in [-0.2, -0.15) is 0 Å². The number of ether oxygens (including phenoxy) is 2. The van der Waals surface area contributed by atoms with E-state index in [1.807, 2.05) is 18.2 Å². The number of nitrogens with zero attached hydrogens (tertiary/aromatic N) is 1. The number of benzene rings is 1. The first-order valence-corrected chi connectivity index (χ1v) is 6.53. The normalized spacial score (nSPS) is 10.3. The quantitative estimate of drug-likeness (QED) is 0.919. The first kappa shape index (κ1) is 13.8. The second-order valence-corrected chi connectivity index (χ2v) is 4.77. The molecule has 0 amide bonds. The highest BCUT2D eigenvalue weighted by molar-refractivity contribution is 9.10. The summed E-state index contributed by atoms with van der Waals surface area (Å²) in [5.41, 5.74) is 1.79. The summed E-state index contributed by atoms with van der Waals surface area (Å²) in [5, 5.41) is 9.16. The highest BCUT2D eigenvalue weighted by Crippen LogP contribution is 2.37. The average Bonchev–Trinajstić information content (AvgIpc) is 2.46. The molecular weight excluding hydrogens is 310 g/mol. The molecule has 1 N–H and O–H groups in total. The second-order valence-electron chi connectivity index (χ2n) is 3.91. The number of pyridine rings is 1. The number of methoxy groups -OCH3 is 1. The summed E-state index contributed by atoms with van der Waals surface area (Å²) < 4.78 is 11.8. The standard InChI is InChI=1S/C14H14BrNO3/c1-18-13-7-11(8-17)6-12(15)14(13)19-9-10-2-4-16-5-3-10/h2-7,17H,8-9H2,1H3. The van der Waals surface area contributed by atoms with Crippen LogP contribution in [0.25, 0.3) is 0 Å². The van der Waals surface area contributed by atoms with Crippen molar-refractivity contribution < 1.29 is 14.6 Å². The smallest absolute Gasteiger partial charge is 0.175 e. The summed E-state index contributed by atoms with van der Waals surface area (Å²) in [6, 6.07) is 7.35. The molecule has 0 aliphatic carbocycles. The zero-order valence-corrected chi connectivity index (χ0v) is 12.1. The lowest BCUT2D eigenvalue weighted by molar-refractivity contribution is 0.273. The van der Waals surface area contributed by atoms with Crippen molar-refractivity contribution in [3.8, 4) is 11.5 Å². The van der Waals surface area contributed by atoms with Crippen molar-refractivity contribution in [1.82, 2.24) is 4.98 Å². The monoisotopic (exact) mass is 323 g/mol. The second kappa shape index (κ2) is 6.54. The number of aliphatic hydroxyl groups excluding tert-OH is 1. The molecule has 0 aliphatic heterocycles. The van der Waals surface area contributed by atoms with E-state index in [2.05, 4.69) is 20.9 Å². The third kappa shape index (κ3) is 3.45. The maximum atomic E-state index is 9.16. The van der Waals surface area contributed by atoms with E-state index in [9.17, 15) is 0 Å². The number of aromatic nitrogens is 1. The summed E-state index contributed by atoms with van der Waals surface area (Å²) in [7, 11) is 1.57. The van der Waals surface area contributed by atoms with Crippen LogP contribution in [0.2, 0.25) is 0 Å². The molecule has 1 aromatic heterocycles. The Morgan fingerprint density at radius 3 is 2.58 bits per heavy atom. The van der Waals surface area contributed by atoms with Crippen molar-refractivity contribution in [2.24, 2.45) is 0 Å². The summed E-state index contributed by atoms with van der Waals surface area (Å²) in [5.74, 6) is 1.21. The molecule has 19 heavy (non-hydrogen) atoms. The van der Waals surface area contributed by atoms with E-state index in [1.54, 1.807) is 25.6 Å². The zero-order chi connectivity index (χ0) is 13.7. The van der Waals surface area contributed by atoms with Crippen LogP contribution in [-0.2, 0) is 13.2 Å². The molecular formula is C14H14BrNO3. The fourth-order valence-corrected chi connectivity index (χ4v) is 2.24. The topological polar surface area (TPSA) is 51.6 Å². The van der Waals surface area contributed by atoms with Crippen LogP contribution in [0, 0.1) is 0 Å². The Hall–Kier alpha value is -1.59. The SMILES string of the molecule is COc1cc(CO)cc(Br)c1OCc1ccncc1. The third-order valence-corrected chi connectivity index (χ3v) is 3.19. The molecule has 5 heteroatoms. The number of rotatable bonds is 5. The van der Waals surface area contributed by atoms with Crippen LogP contribution < -0.4 is 9.47 Å². The van der Waals surface area contributed by atoms with Crippen molar-refractivity contribution in [2.75, 3.05) is 7.11 Å². The molecule has 0 bridgehead atoms. The minimum Gasteiger partial charge on any atom is -0.493 e. The van der Waals surface area contributed by atoms with Gasteiger partial charge in [0.15, 0.2) is 11.5 Å². The third-order valence-electron chi connectivity index (χ3n) is 2.60. The summed E-state index contributed by atoms with van der Waals surface area (Å²) in [4.78, 5) is 3.96. The van der Waals surface area contributed by atoms with Gasteiger partial charge in [-0.1, -0.05) is 0 Å². The van der Waals surface area contributed by atoms with Crippen molar-refractivity contribution >= 4 is 15.9 Å². The highest BCUT2D eigenvalue weighted by atomic mass is 79.9. The number of aliphatic hydroxyl groups is 1. The number of hydrogen-bond donors (Lipinski definition) is 1. The Balaban J connectivity index is 2.20. The molecule has 0 fully saturated rings. The van der Waals surface area contributed by atoms with Gasteiger partial charge in [0.25, 0.3) is 0 Å². The van der Waals surface area contributed by atoms with Crippen molar-refractivity contribution in [2.45, 2.75) is 13.2 Å².